The molecule has 8 nitrogen and oxygen atoms in total. The molecule has 2 aromatic carbocycles. The van der Waals surface area contributed by atoms with Crippen LogP contribution in [0.1, 0.15) is 21.7 Å². The van der Waals surface area contributed by atoms with E-state index < -0.39 is 15.7 Å². The number of aromatic nitrogens is 3. The van der Waals surface area contributed by atoms with Gasteiger partial charge in [0.2, 0.25) is 9.84 Å². The Labute approximate surface area is 189 Å². The molecule has 10 heteroatoms. The van der Waals surface area contributed by atoms with E-state index in [1.54, 1.807) is 4.52 Å². The van der Waals surface area contributed by atoms with E-state index in [-0.39, 0.29) is 26.8 Å². The first kappa shape index (κ1) is 21.8. The highest BCUT2D eigenvalue weighted by atomic mass is 35.5. The zero-order valence-electron chi connectivity index (χ0n) is 17.5. The highest BCUT2D eigenvalue weighted by Crippen LogP contribution is 2.29. The summed E-state index contributed by atoms with van der Waals surface area (Å²) < 4.78 is 33.0. The first-order valence-electron chi connectivity index (χ1n) is 9.52. The molecule has 0 spiro atoms. The molecule has 0 saturated carbocycles. The SMILES string of the molecule is COc1cc(NC(=O)c2cnn3c(C)cc(C)nc23)cc(S(=O)(=O)c2ccc(Cl)cc2)c1. The van der Waals surface area contributed by atoms with E-state index in [1.807, 2.05) is 19.9 Å². The number of hydrogen-bond donors (Lipinski definition) is 1. The third-order valence-corrected chi connectivity index (χ3v) is 6.83. The second kappa shape index (κ2) is 8.25. The van der Waals surface area contributed by atoms with Gasteiger partial charge in [0.25, 0.3) is 5.91 Å². The Morgan fingerprint density at radius 1 is 1.06 bits per heavy atom. The fourth-order valence-corrected chi connectivity index (χ4v) is 4.74. The number of nitrogens with one attached hydrogen (secondary N) is 1. The van der Waals surface area contributed by atoms with Crippen molar-refractivity contribution in [2.75, 3.05) is 12.4 Å². The second-order valence-electron chi connectivity index (χ2n) is 7.14. The van der Waals surface area contributed by atoms with Gasteiger partial charge in [-0.05, 0) is 56.3 Å². The Morgan fingerprint density at radius 2 is 1.78 bits per heavy atom. The minimum atomic E-state index is -3.87. The second-order valence-corrected chi connectivity index (χ2v) is 9.53. The highest BCUT2D eigenvalue weighted by molar-refractivity contribution is 7.91. The molecule has 1 amide bonds. The number of hydrogen-bond acceptors (Lipinski definition) is 6. The van der Waals surface area contributed by atoms with Gasteiger partial charge in [0, 0.05) is 28.2 Å². The molecular weight excluding hydrogens is 452 g/mol. The summed E-state index contributed by atoms with van der Waals surface area (Å²) >= 11 is 5.87. The Bertz CT molecular complexity index is 1450. The van der Waals surface area contributed by atoms with Crippen LogP contribution in [0.2, 0.25) is 5.02 Å². The Kier molecular flexibility index (Phi) is 5.62. The number of nitrogens with zero attached hydrogens (tertiary/aromatic N) is 3. The summed E-state index contributed by atoms with van der Waals surface area (Å²) in [6, 6.07) is 12.0. The number of ether oxygens (including phenoxy) is 1. The summed E-state index contributed by atoms with van der Waals surface area (Å²) in [5.41, 5.74) is 2.52. The van der Waals surface area contributed by atoms with Crippen LogP contribution in [0.15, 0.2) is 64.5 Å². The van der Waals surface area contributed by atoms with E-state index in [0.717, 1.165) is 11.4 Å². The fraction of sp³-hybridized carbons (Fsp3) is 0.136. The van der Waals surface area contributed by atoms with Crippen LogP contribution in [-0.2, 0) is 9.84 Å². The summed E-state index contributed by atoms with van der Waals surface area (Å²) in [6.45, 7) is 3.70. The largest absolute Gasteiger partial charge is 0.497 e. The number of rotatable bonds is 5. The summed E-state index contributed by atoms with van der Waals surface area (Å²) in [4.78, 5) is 17.4. The molecule has 32 heavy (non-hydrogen) atoms. The van der Waals surface area contributed by atoms with Gasteiger partial charge in [-0.1, -0.05) is 11.6 Å². The fourth-order valence-electron chi connectivity index (χ4n) is 3.30. The van der Waals surface area contributed by atoms with Crippen molar-refractivity contribution in [2.24, 2.45) is 0 Å². The van der Waals surface area contributed by atoms with E-state index in [0.29, 0.717) is 10.7 Å². The number of fused-ring (bicyclic) bond motifs is 1. The van der Waals surface area contributed by atoms with Gasteiger partial charge in [-0.25, -0.2) is 17.9 Å². The number of aryl methyl sites for hydroxylation is 2. The minimum Gasteiger partial charge on any atom is -0.497 e. The van der Waals surface area contributed by atoms with Gasteiger partial charge in [-0.15, -0.1) is 0 Å². The maximum atomic E-state index is 13.1. The molecular formula is C22H19ClN4O4S. The molecule has 2 heterocycles. The molecule has 0 atom stereocenters. The maximum absolute atomic E-state index is 13.1. The molecule has 0 radical (unpaired) electrons. The average molecular weight is 471 g/mol. The van der Waals surface area contributed by atoms with Crippen LogP contribution in [0.5, 0.6) is 5.75 Å². The number of carbonyl (C=O) groups is 1. The van der Waals surface area contributed by atoms with Gasteiger partial charge < -0.3 is 10.1 Å². The number of anilines is 1. The van der Waals surface area contributed by atoms with E-state index in [4.69, 9.17) is 16.3 Å². The smallest absolute Gasteiger partial charge is 0.261 e. The number of carbonyl (C=O) groups excluding carboxylic acids is 1. The Morgan fingerprint density at radius 3 is 2.47 bits per heavy atom. The van der Waals surface area contributed by atoms with Crippen molar-refractivity contribution < 1.29 is 17.9 Å². The van der Waals surface area contributed by atoms with Crippen LogP contribution in [0, 0.1) is 13.8 Å². The topological polar surface area (TPSA) is 103 Å². The molecule has 0 saturated heterocycles. The molecule has 0 aliphatic rings. The molecule has 0 fully saturated rings. The zero-order chi connectivity index (χ0) is 23.0. The van der Waals surface area contributed by atoms with Crippen LogP contribution in [0.25, 0.3) is 5.65 Å². The first-order chi connectivity index (χ1) is 15.2. The van der Waals surface area contributed by atoms with E-state index in [2.05, 4.69) is 15.4 Å². The van der Waals surface area contributed by atoms with Gasteiger partial charge in [-0.3, -0.25) is 4.79 Å². The summed E-state index contributed by atoms with van der Waals surface area (Å²) in [6.07, 6.45) is 1.43. The van der Waals surface area contributed by atoms with Gasteiger partial charge in [0.05, 0.1) is 23.1 Å². The van der Waals surface area contributed by atoms with E-state index >= 15 is 0 Å². The van der Waals surface area contributed by atoms with Crippen molar-refractivity contribution in [3.05, 3.63) is 76.7 Å². The number of halogens is 1. The zero-order valence-corrected chi connectivity index (χ0v) is 19.0. The number of amides is 1. The number of benzene rings is 2. The normalized spacial score (nSPS) is 11.5. The summed E-state index contributed by atoms with van der Waals surface area (Å²) in [5, 5.41) is 7.37. The lowest BCUT2D eigenvalue weighted by atomic mass is 10.2. The quantitative estimate of drug-likeness (QED) is 0.471. The van der Waals surface area contributed by atoms with Gasteiger partial charge >= 0.3 is 0 Å². The lowest BCUT2D eigenvalue weighted by Gasteiger charge is -2.11. The Hall–Kier alpha value is -3.43. The Balaban J connectivity index is 1.72. The molecule has 0 unspecified atom stereocenters. The van der Waals surface area contributed by atoms with Crippen molar-refractivity contribution in [3.63, 3.8) is 0 Å². The minimum absolute atomic E-state index is 0.0286. The number of methoxy groups -OCH3 is 1. The maximum Gasteiger partial charge on any atom is 0.261 e. The van der Waals surface area contributed by atoms with Crippen LogP contribution in [-0.4, -0.2) is 36.0 Å². The molecule has 164 valence electrons. The number of sulfone groups is 1. The third kappa shape index (κ3) is 4.04. The molecule has 0 aliphatic carbocycles. The van der Waals surface area contributed by atoms with Crippen molar-refractivity contribution in [1.29, 1.82) is 0 Å². The predicted octanol–water partition coefficient (Wildman–Crippen LogP) is 4.09. The summed E-state index contributed by atoms with van der Waals surface area (Å²) in [7, 11) is -2.45. The van der Waals surface area contributed by atoms with Crippen LogP contribution in [0.4, 0.5) is 5.69 Å². The van der Waals surface area contributed by atoms with Gasteiger partial charge in [0.1, 0.15) is 11.3 Å². The molecule has 2 aromatic heterocycles. The van der Waals surface area contributed by atoms with Crippen molar-refractivity contribution >= 4 is 38.7 Å². The molecule has 4 aromatic rings. The lowest BCUT2D eigenvalue weighted by Crippen LogP contribution is -2.13. The standard InChI is InChI=1S/C22H19ClN4O4S/c1-13-8-14(2)27-21(25-13)20(12-24-27)22(28)26-16-9-17(31-3)11-19(10-16)32(29,30)18-6-4-15(23)5-7-18/h4-12H,1-3H3,(H,26,28). The van der Waals surface area contributed by atoms with E-state index in [9.17, 15) is 13.2 Å². The van der Waals surface area contributed by atoms with Gasteiger partial charge in [-0.2, -0.15) is 5.10 Å². The lowest BCUT2D eigenvalue weighted by molar-refractivity contribution is 0.102. The van der Waals surface area contributed by atoms with Crippen molar-refractivity contribution in [3.8, 4) is 5.75 Å². The third-order valence-electron chi connectivity index (χ3n) is 4.83. The predicted molar refractivity (Wildman–Crippen MR) is 120 cm³/mol. The van der Waals surface area contributed by atoms with Crippen LogP contribution in [0.3, 0.4) is 0 Å². The highest BCUT2D eigenvalue weighted by Gasteiger charge is 2.21. The van der Waals surface area contributed by atoms with Crippen molar-refractivity contribution in [1.82, 2.24) is 14.6 Å². The van der Waals surface area contributed by atoms with Gasteiger partial charge in [0.15, 0.2) is 5.65 Å². The molecule has 4 rings (SSSR count). The average Bonchev–Trinajstić information content (AvgIpc) is 3.18. The molecule has 1 N–H and O–H groups in total. The van der Waals surface area contributed by atoms with Crippen LogP contribution < -0.4 is 10.1 Å². The molecule has 0 bridgehead atoms. The monoisotopic (exact) mass is 470 g/mol. The first-order valence-corrected chi connectivity index (χ1v) is 11.4. The summed E-state index contributed by atoms with van der Waals surface area (Å²) in [5.74, 6) is -0.194. The van der Waals surface area contributed by atoms with E-state index in [1.165, 1.54) is 55.8 Å². The van der Waals surface area contributed by atoms with Crippen LogP contribution >= 0.6 is 11.6 Å². The molecule has 0 aliphatic heterocycles. The van der Waals surface area contributed by atoms with Crippen molar-refractivity contribution in [2.45, 2.75) is 23.6 Å².